The molecule has 0 spiro atoms. The second-order valence-corrected chi connectivity index (χ2v) is 3.93. The second kappa shape index (κ2) is 3.81. The van der Waals surface area contributed by atoms with Gasteiger partial charge >= 0.3 is 6.03 Å². The smallest absolute Gasteiger partial charge is 0.322 e. The molecule has 0 aromatic carbocycles. The summed E-state index contributed by atoms with van der Waals surface area (Å²) in [7, 11) is 0. The maximum Gasteiger partial charge on any atom is 0.322 e. The van der Waals surface area contributed by atoms with Crippen molar-refractivity contribution in [3.63, 3.8) is 0 Å². The molecular weight excluding hydrogens is 238 g/mol. The zero-order chi connectivity index (χ0) is 12.7. The molecule has 0 bridgehead atoms. The van der Waals surface area contributed by atoms with E-state index < -0.39 is 18.0 Å². The van der Waals surface area contributed by atoms with E-state index in [1.807, 2.05) is 0 Å². The Hall–Kier alpha value is -2.41. The number of nitrogens with one attached hydrogen (secondary N) is 2. The minimum Gasteiger partial charge on any atom is -0.457 e. The van der Waals surface area contributed by atoms with Gasteiger partial charge in [-0.25, -0.2) is 4.79 Å². The number of aliphatic hydroxyl groups is 1. The van der Waals surface area contributed by atoms with Gasteiger partial charge in [0.25, 0.3) is 5.91 Å². The molecule has 7 nitrogen and oxygen atoms in total. The summed E-state index contributed by atoms with van der Waals surface area (Å²) < 4.78 is 5.46. The van der Waals surface area contributed by atoms with Crippen LogP contribution in [0, 0.1) is 0 Å². The number of fused-ring (bicyclic) bond motifs is 1. The number of carbonyl (C=O) groups excluding carboxylic acids is 2. The van der Waals surface area contributed by atoms with Gasteiger partial charge in [-0.05, 0) is 11.6 Å². The van der Waals surface area contributed by atoms with Crippen molar-refractivity contribution in [1.29, 1.82) is 0 Å². The zero-order valence-electron chi connectivity index (χ0n) is 9.14. The lowest BCUT2D eigenvalue weighted by atomic mass is 10.2. The minimum atomic E-state index is -0.829. The molecule has 2 aromatic rings. The molecule has 0 saturated carbocycles. The molecule has 0 radical (unpaired) electrons. The van der Waals surface area contributed by atoms with Crippen LogP contribution in [0.1, 0.15) is 17.4 Å². The van der Waals surface area contributed by atoms with Crippen molar-refractivity contribution < 1.29 is 19.1 Å². The van der Waals surface area contributed by atoms with E-state index in [2.05, 4.69) is 15.6 Å². The Morgan fingerprint density at radius 2 is 2.22 bits per heavy atom. The monoisotopic (exact) mass is 247 g/mol. The van der Waals surface area contributed by atoms with Crippen molar-refractivity contribution >= 4 is 23.0 Å². The highest BCUT2D eigenvalue weighted by Crippen LogP contribution is 2.24. The van der Waals surface area contributed by atoms with Crippen LogP contribution in [0.25, 0.3) is 11.1 Å². The molecule has 3 rings (SSSR count). The average molecular weight is 247 g/mol. The van der Waals surface area contributed by atoms with Crippen LogP contribution >= 0.6 is 0 Å². The Labute approximate surface area is 101 Å². The third-order valence-electron chi connectivity index (χ3n) is 2.69. The molecule has 1 unspecified atom stereocenters. The largest absolute Gasteiger partial charge is 0.457 e. The van der Waals surface area contributed by atoms with Crippen molar-refractivity contribution in [3.05, 3.63) is 29.7 Å². The second-order valence-electron chi connectivity index (χ2n) is 3.93. The minimum absolute atomic E-state index is 0.139. The summed E-state index contributed by atoms with van der Waals surface area (Å²) in [5, 5.41) is 13.6. The molecule has 3 heterocycles. The molecule has 7 heteroatoms. The third kappa shape index (κ3) is 1.61. The van der Waals surface area contributed by atoms with E-state index in [0.29, 0.717) is 22.4 Å². The first-order valence-corrected chi connectivity index (χ1v) is 5.28. The number of hydrogen-bond acceptors (Lipinski definition) is 5. The van der Waals surface area contributed by atoms with E-state index in [0.717, 1.165) is 0 Å². The van der Waals surface area contributed by atoms with Crippen LogP contribution in [0.2, 0.25) is 0 Å². The Morgan fingerprint density at radius 1 is 1.39 bits per heavy atom. The van der Waals surface area contributed by atoms with Crippen LogP contribution in [0.15, 0.2) is 22.7 Å². The van der Waals surface area contributed by atoms with Crippen LogP contribution in [0.5, 0.6) is 0 Å². The molecule has 1 atom stereocenters. The number of hydrogen-bond donors (Lipinski definition) is 3. The van der Waals surface area contributed by atoms with E-state index in [1.165, 1.54) is 6.20 Å². The maximum atomic E-state index is 11.5. The number of aromatic nitrogens is 1. The number of urea groups is 1. The van der Waals surface area contributed by atoms with Crippen molar-refractivity contribution in [1.82, 2.24) is 15.6 Å². The molecule has 3 amide bonds. The van der Waals surface area contributed by atoms with E-state index in [9.17, 15) is 9.59 Å². The fraction of sp³-hybridized carbons (Fsp3) is 0.182. The van der Waals surface area contributed by atoms with Crippen molar-refractivity contribution in [3.8, 4) is 0 Å². The highest BCUT2D eigenvalue weighted by molar-refractivity contribution is 6.04. The molecular formula is C11H9N3O4. The Kier molecular flexibility index (Phi) is 2.27. The van der Waals surface area contributed by atoms with Crippen LogP contribution in [-0.4, -0.2) is 22.0 Å². The van der Waals surface area contributed by atoms with E-state index in [4.69, 9.17) is 9.52 Å². The number of furan rings is 1. The summed E-state index contributed by atoms with van der Waals surface area (Å²) in [5.74, 6) is -0.141. The molecule has 0 aliphatic carbocycles. The topological polar surface area (TPSA) is 104 Å². The van der Waals surface area contributed by atoms with Crippen LogP contribution in [0.3, 0.4) is 0 Å². The Balaban J connectivity index is 2.03. The van der Waals surface area contributed by atoms with Gasteiger partial charge in [0.05, 0.1) is 6.61 Å². The summed E-state index contributed by atoms with van der Waals surface area (Å²) in [6.07, 6.45) is 1.52. The van der Waals surface area contributed by atoms with Crippen LogP contribution < -0.4 is 10.6 Å². The molecule has 92 valence electrons. The van der Waals surface area contributed by atoms with Gasteiger partial charge in [-0.15, -0.1) is 0 Å². The quantitative estimate of drug-likeness (QED) is 0.657. The first-order valence-electron chi connectivity index (χ1n) is 5.28. The zero-order valence-corrected chi connectivity index (χ0v) is 9.14. The highest BCUT2D eigenvalue weighted by Gasteiger charge is 2.33. The van der Waals surface area contributed by atoms with Crippen molar-refractivity contribution in [2.45, 2.75) is 12.6 Å². The molecule has 2 aromatic heterocycles. The molecule has 1 aliphatic heterocycles. The Morgan fingerprint density at radius 3 is 2.89 bits per heavy atom. The van der Waals surface area contributed by atoms with Crippen LogP contribution in [-0.2, 0) is 11.4 Å². The highest BCUT2D eigenvalue weighted by atomic mass is 16.3. The third-order valence-corrected chi connectivity index (χ3v) is 2.69. The number of pyridine rings is 1. The lowest BCUT2D eigenvalue weighted by Gasteiger charge is -2.00. The van der Waals surface area contributed by atoms with E-state index in [-0.39, 0.29) is 6.61 Å². The standard InChI is InChI=1S/C11H9N3O4/c15-4-5-1-7-6(12-3-5)2-8(18-7)9-10(16)14-11(17)13-9/h1-3,9,15H,4H2,(H2,13,14,16,17). The van der Waals surface area contributed by atoms with Crippen molar-refractivity contribution in [2.24, 2.45) is 0 Å². The number of carbonyl (C=O) groups is 2. The summed E-state index contributed by atoms with van der Waals surface area (Å²) in [6, 6.07) is 1.85. The lowest BCUT2D eigenvalue weighted by molar-refractivity contribution is -0.120. The summed E-state index contributed by atoms with van der Waals surface area (Å²) in [5.41, 5.74) is 1.64. The number of rotatable bonds is 2. The average Bonchev–Trinajstić information content (AvgIpc) is 2.90. The van der Waals surface area contributed by atoms with Gasteiger partial charge < -0.3 is 14.8 Å². The van der Waals surface area contributed by atoms with Gasteiger partial charge in [0.1, 0.15) is 11.3 Å². The molecule has 18 heavy (non-hydrogen) atoms. The van der Waals surface area contributed by atoms with Crippen LogP contribution in [0.4, 0.5) is 4.79 Å². The first kappa shape index (κ1) is 10.7. The maximum absolute atomic E-state index is 11.5. The van der Waals surface area contributed by atoms with Gasteiger partial charge in [-0.3, -0.25) is 15.1 Å². The number of amides is 3. The molecule has 1 fully saturated rings. The van der Waals surface area contributed by atoms with E-state index >= 15 is 0 Å². The molecule has 1 aliphatic rings. The lowest BCUT2D eigenvalue weighted by Crippen LogP contribution is -2.22. The predicted octanol–water partition coefficient (Wildman–Crippen LogP) is 0.201. The summed E-state index contributed by atoms with van der Waals surface area (Å²) >= 11 is 0. The first-order chi connectivity index (χ1) is 8.67. The summed E-state index contributed by atoms with van der Waals surface area (Å²) in [6.45, 7) is -0.139. The van der Waals surface area contributed by atoms with Gasteiger partial charge in [0, 0.05) is 12.3 Å². The normalized spacial score (nSPS) is 19.1. The fourth-order valence-electron chi connectivity index (χ4n) is 1.82. The van der Waals surface area contributed by atoms with Crippen molar-refractivity contribution in [2.75, 3.05) is 0 Å². The van der Waals surface area contributed by atoms with E-state index in [1.54, 1.807) is 12.1 Å². The Bertz CT molecular complexity index is 649. The SMILES string of the molecule is O=C1NC(=O)C(c2cc3ncc(CO)cc3o2)N1. The van der Waals surface area contributed by atoms with Gasteiger partial charge in [0.15, 0.2) is 11.6 Å². The molecule has 1 saturated heterocycles. The number of imide groups is 1. The number of aliphatic hydroxyl groups excluding tert-OH is 1. The number of nitrogens with zero attached hydrogens (tertiary/aromatic N) is 1. The van der Waals surface area contributed by atoms with Gasteiger partial charge in [-0.1, -0.05) is 0 Å². The summed E-state index contributed by atoms with van der Waals surface area (Å²) in [4.78, 5) is 26.6. The molecule has 3 N–H and O–H groups in total. The van der Waals surface area contributed by atoms with Gasteiger partial charge in [0.2, 0.25) is 0 Å². The van der Waals surface area contributed by atoms with Gasteiger partial charge in [-0.2, -0.15) is 0 Å². The predicted molar refractivity (Wildman–Crippen MR) is 59.3 cm³/mol. The fourth-order valence-corrected chi connectivity index (χ4v) is 1.82.